The van der Waals surface area contributed by atoms with E-state index in [1.165, 1.54) is 12.8 Å². The van der Waals surface area contributed by atoms with E-state index < -0.39 is 0 Å². The maximum Gasteiger partial charge on any atom is 0.225 e. The van der Waals surface area contributed by atoms with Crippen molar-refractivity contribution in [1.82, 2.24) is 10.2 Å². The van der Waals surface area contributed by atoms with E-state index in [1.54, 1.807) is 0 Å². The number of amides is 2. The molecule has 1 aliphatic carbocycles. The third-order valence-corrected chi connectivity index (χ3v) is 3.79. The van der Waals surface area contributed by atoms with E-state index in [0.717, 1.165) is 12.8 Å². The first-order valence-corrected chi connectivity index (χ1v) is 6.98. The number of carbonyl (C=O) groups is 2. The third kappa shape index (κ3) is 3.03. The summed E-state index contributed by atoms with van der Waals surface area (Å²) in [6.07, 6.45) is 5.04. The molecule has 2 amide bonds. The summed E-state index contributed by atoms with van der Waals surface area (Å²) in [7, 11) is 0. The molecular weight excluding hydrogens is 228 g/mol. The lowest BCUT2D eigenvalue weighted by atomic mass is 10.0. The smallest absolute Gasteiger partial charge is 0.225 e. The summed E-state index contributed by atoms with van der Waals surface area (Å²) in [4.78, 5) is 26.0. The largest absolute Gasteiger partial charge is 0.351 e. The molecule has 0 radical (unpaired) electrons. The Labute approximate surface area is 109 Å². The molecule has 0 aromatic carbocycles. The lowest BCUT2D eigenvalue weighted by Gasteiger charge is -2.25. The number of likely N-dealkylation sites (tertiary alicyclic amines) is 1. The first-order chi connectivity index (χ1) is 8.37. The van der Waals surface area contributed by atoms with Gasteiger partial charge in [-0.3, -0.25) is 9.59 Å². The van der Waals surface area contributed by atoms with Crippen molar-refractivity contribution in [3.63, 3.8) is 0 Å². The van der Waals surface area contributed by atoms with Crippen LogP contribution in [0.2, 0.25) is 0 Å². The number of rotatable bonds is 2. The second-order valence-corrected chi connectivity index (χ2v) is 6.62. The van der Waals surface area contributed by atoms with E-state index in [9.17, 15) is 9.59 Å². The summed E-state index contributed by atoms with van der Waals surface area (Å²) in [6.45, 7) is 6.52. The zero-order chi connectivity index (χ0) is 13.3. The molecule has 4 nitrogen and oxygen atoms in total. The van der Waals surface area contributed by atoms with Crippen LogP contribution in [0.5, 0.6) is 0 Å². The minimum absolute atomic E-state index is 0.0244. The van der Waals surface area contributed by atoms with Gasteiger partial charge < -0.3 is 10.2 Å². The molecule has 4 heteroatoms. The highest BCUT2D eigenvalue weighted by Crippen LogP contribution is 2.29. The Bertz CT molecular complexity index is 340. The summed E-state index contributed by atoms with van der Waals surface area (Å²) in [6, 6.07) is 0.393. The molecule has 1 N–H and O–H groups in total. The first kappa shape index (κ1) is 13.4. The minimum atomic E-state index is -0.221. The Morgan fingerprint density at radius 2 is 1.89 bits per heavy atom. The van der Waals surface area contributed by atoms with Gasteiger partial charge in [-0.25, -0.2) is 0 Å². The fourth-order valence-electron chi connectivity index (χ4n) is 2.95. The number of carbonyl (C=O) groups excluding carboxylic acids is 2. The number of nitrogens with zero attached hydrogens (tertiary/aromatic N) is 1. The SMILES string of the molecule is CC(C)(C)NC(=O)[C@H]1CC(=O)N(C2CCCC2)C1. The fraction of sp³-hybridized carbons (Fsp3) is 0.857. The van der Waals surface area contributed by atoms with Crippen LogP contribution in [0.15, 0.2) is 0 Å². The Balaban J connectivity index is 1.93. The second kappa shape index (κ2) is 4.90. The molecule has 102 valence electrons. The Hall–Kier alpha value is -1.06. The zero-order valence-electron chi connectivity index (χ0n) is 11.7. The topological polar surface area (TPSA) is 49.4 Å². The molecule has 0 unspecified atom stereocenters. The molecule has 1 heterocycles. The van der Waals surface area contributed by atoms with Crippen LogP contribution in [0.25, 0.3) is 0 Å². The number of hydrogen-bond donors (Lipinski definition) is 1. The lowest BCUT2D eigenvalue weighted by Crippen LogP contribution is -2.44. The molecular formula is C14H24N2O2. The van der Waals surface area contributed by atoms with Crippen molar-refractivity contribution in [2.75, 3.05) is 6.54 Å². The zero-order valence-corrected chi connectivity index (χ0v) is 11.7. The molecule has 0 bridgehead atoms. The van der Waals surface area contributed by atoms with Crippen LogP contribution in [0.3, 0.4) is 0 Å². The van der Waals surface area contributed by atoms with Gasteiger partial charge in [-0.05, 0) is 33.6 Å². The molecule has 18 heavy (non-hydrogen) atoms. The van der Waals surface area contributed by atoms with Gasteiger partial charge in [0.25, 0.3) is 0 Å². The minimum Gasteiger partial charge on any atom is -0.351 e. The summed E-state index contributed by atoms with van der Waals surface area (Å²) in [5.74, 6) is 0.0321. The van der Waals surface area contributed by atoms with Gasteiger partial charge in [-0.15, -0.1) is 0 Å². The quantitative estimate of drug-likeness (QED) is 0.813. The van der Waals surface area contributed by atoms with E-state index in [4.69, 9.17) is 0 Å². The normalized spacial score (nSPS) is 25.8. The van der Waals surface area contributed by atoms with Gasteiger partial charge >= 0.3 is 0 Å². The van der Waals surface area contributed by atoms with Crippen LogP contribution < -0.4 is 5.32 Å². The second-order valence-electron chi connectivity index (χ2n) is 6.62. The highest BCUT2D eigenvalue weighted by molar-refractivity contribution is 5.89. The standard InChI is InChI=1S/C14H24N2O2/c1-14(2,3)15-13(18)10-8-12(17)16(9-10)11-6-4-5-7-11/h10-11H,4-9H2,1-3H3,(H,15,18)/t10-/m0/s1. The number of nitrogens with one attached hydrogen (secondary N) is 1. The van der Waals surface area contributed by atoms with Gasteiger partial charge in [0.15, 0.2) is 0 Å². The van der Waals surface area contributed by atoms with Gasteiger partial charge in [0.2, 0.25) is 11.8 Å². The molecule has 1 atom stereocenters. The van der Waals surface area contributed by atoms with Gasteiger partial charge in [-0.2, -0.15) is 0 Å². The van der Waals surface area contributed by atoms with Crippen LogP contribution in [-0.4, -0.2) is 34.8 Å². The molecule has 1 aliphatic heterocycles. The third-order valence-electron chi connectivity index (χ3n) is 3.79. The molecule has 0 aromatic rings. The van der Waals surface area contributed by atoms with Crippen LogP contribution in [0.4, 0.5) is 0 Å². The lowest BCUT2D eigenvalue weighted by molar-refractivity contribution is -0.130. The monoisotopic (exact) mass is 252 g/mol. The molecule has 0 aromatic heterocycles. The number of hydrogen-bond acceptors (Lipinski definition) is 2. The summed E-state index contributed by atoms with van der Waals surface area (Å²) < 4.78 is 0. The predicted octanol–water partition coefficient (Wildman–Crippen LogP) is 1.69. The van der Waals surface area contributed by atoms with E-state index >= 15 is 0 Å². The van der Waals surface area contributed by atoms with Crippen molar-refractivity contribution in [1.29, 1.82) is 0 Å². The van der Waals surface area contributed by atoms with Crippen LogP contribution in [-0.2, 0) is 9.59 Å². The predicted molar refractivity (Wildman–Crippen MR) is 70.0 cm³/mol. The maximum absolute atomic E-state index is 12.1. The molecule has 2 rings (SSSR count). The van der Waals surface area contributed by atoms with Crippen molar-refractivity contribution in [2.24, 2.45) is 5.92 Å². The maximum atomic E-state index is 12.1. The van der Waals surface area contributed by atoms with Crippen molar-refractivity contribution < 1.29 is 9.59 Å². The molecule has 2 aliphatic rings. The van der Waals surface area contributed by atoms with Crippen LogP contribution in [0.1, 0.15) is 52.9 Å². The molecule has 2 fully saturated rings. The molecule has 1 saturated carbocycles. The summed E-state index contributed by atoms with van der Waals surface area (Å²) in [5.41, 5.74) is -0.221. The first-order valence-electron chi connectivity index (χ1n) is 6.98. The van der Waals surface area contributed by atoms with E-state index in [1.807, 2.05) is 25.7 Å². The van der Waals surface area contributed by atoms with Crippen molar-refractivity contribution in [3.05, 3.63) is 0 Å². The Morgan fingerprint density at radius 3 is 2.44 bits per heavy atom. The highest BCUT2D eigenvalue weighted by atomic mass is 16.2. The van der Waals surface area contributed by atoms with Crippen LogP contribution >= 0.6 is 0 Å². The van der Waals surface area contributed by atoms with Crippen LogP contribution in [0, 0.1) is 5.92 Å². The van der Waals surface area contributed by atoms with Gasteiger partial charge in [0.05, 0.1) is 5.92 Å². The highest BCUT2D eigenvalue weighted by Gasteiger charge is 2.39. The fourth-order valence-corrected chi connectivity index (χ4v) is 2.95. The molecule has 1 saturated heterocycles. The van der Waals surface area contributed by atoms with Crippen molar-refractivity contribution in [2.45, 2.75) is 64.5 Å². The van der Waals surface area contributed by atoms with Crippen molar-refractivity contribution in [3.8, 4) is 0 Å². The van der Waals surface area contributed by atoms with Crippen molar-refractivity contribution >= 4 is 11.8 Å². The summed E-state index contributed by atoms with van der Waals surface area (Å²) >= 11 is 0. The van der Waals surface area contributed by atoms with E-state index in [-0.39, 0.29) is 23.3 Å². The Kier molecular flexibility index (Phi) is 3.64. The van der Waals surface area contributed by atoms with Gasteiger partial charge in [0, 0.05) is 24.5 Å². The van der Waals surface area contributed by atoms with E-state index in [2.05, 4.69) is 5.32 Å². The van der Waals surface area contributed by atoms with Gasteiger partial charge in [-0.1, -0.05) is 12.8 Å². The molecule has 0 spiro atoms. The van der Waals surface area contributed by atoms with E-state index in [0.29, 0.717) is 19.0 Å². The summed E-state index contributed by atoms with van der Waals surface area (Å²) in [5, 5.41) is 2.97. The Morgan fingerprint density at radius 1 is 1.28 bits per heavy atom. The average molecular weight is 252 g/mol. The average Bonchev–Trinajstić information content (AvgIpc) is 2.82. The van der Waals surface area contributed by atoms with Gasteiger partial charge in [0.1, 0.15) is 0 Å².